The molecule has 0 saturated carbocycles. The van der Waals surface area contributed by atoms with Crippen LogP contribution in [0, 0.1) is 0 Å². The molecule has 1 aliphatic rings. The summed E-state index contributed by atoms with van der Waals surface area (Å²) >= 11 is 0. The Morgan fingerprint density at radius 2 is 1.19 bits per heavy atom. The Balaban J connectivity index is -0.000000183. The normalized spacial score (nSPS) is 13.2. The van der Waals surface area contributed by atoms with Crippen molar-refractivity contribution in [1.29, 1.82) is 0 Å². The molecular weight excluding hydrogens is 395 g/mol. The smallest absolute Gasteiger partial charge is 0.307 e. The molecule has 1 aliphatic carbocycles. The third-order valence-corrected chi connectivity index (χ3v) is 1.82. The van der Waals surface area contributed by atoms with E-state index >= 15 is 0 Å². The fourth-order valence-electron chi connectivity index (χ4n) is 1.22. The molecule has 0 unspecified atom stereocenters. The molecule has 0 aromatic carbocycles. The summed E-state index contributed by atoms with van der Waals surface area (Å²) < 4.78 is 72.7. The van der Waals surface area contributed by atoms with Crippen molar-refractivity contribution in [2.45, 2.75) is 25.2 Å². The topological polar surface area (TPSA) is 51.2 Å². The Kier molecular flexibility index (Phi) is 18.2. The summed E-state index contributed by atoms with van der Waals surface area (Å²) in [6.45, 7) is 6.00. The molecule has 0 bridgehead atoms. The molecule has 0 heterocycles. The molecule has 1 rings (SSSR count). The molecule has 124 valence electrons. The van der Waals surface area contributed by atoms with Crippen molar-refractivity contribution in [3.8, 4) is 0 Å². The fourth-order valence-corrected chi connectivity index (χ4v) is 1.22. The van der Waals surface area contributed by atoms with Crippen LogP contribution >= 0.6 is 0 Å². The molecular formula is C11H12F6O3Ru. The molecule has 0 fully saturated rings. The van der Waals surface area contributed by atoms with E-state index < -0.39 is 29.9 Å². The van der Waals surface area contributed by atoms with Gasteiger partial charge < -0.3 is 14.4 Å². The molecule has 0 aromatic rings. The van der Waals surface area contributed by atoms with Gasteiger partial charge in [-0.3, -0.25) is 0 Å². The van der Waals surface area contributed by atoms with Crippen molar-refractivity contribution >= 4 is 20.4 Å². The van der Waals surface area contributed by atoms with Gasteiger partial charge in [0.15, 0.2) is 0 Å². The first-order valence-electron chi connectivity index (χ1n) is 4.63. The molecule has 10 heteroatoms. The average Bonchev–Trinajstić information content (AvgIpc) is 2.44. The van der Waals surface area contributed by atoms with Gasteiger partial charge in [-0.1, -0.05) is 12.2 Å². The van der Waals surface area contributed by atoms with Crippen molar-refractivity contribution in [1.82, 2.24) is 0 Å². The summed E-state index contributed by atoms with van der Waals surface area (Å²) in [5, 5.41) is 0. The maximum absolute atomic E-state index is 12.1. The minimum absolute atomic E-state index is 0. The van der Waals surface area contributed by atoms with Gasteiger partial charge in [-0.2, -0.15) is 26.3 Å². The van der Waals surface area contributed by atoms with Crippen LogP contribution in [-0.4, -0.2) is 32.7 Å². The van der Waals surface area contributed by atoms with E-state index in [2.05, 4.69) is 0 Å². The Bertz CT molecular complexity index is 331. The monoisotopic (exact) mass is 408 g/mol. The number of carbonyl (C=O) groups excluding carboxylic acids is 3. The molecule has 0 aromatic heterocycles. The van der Waals surface area contributed by atoms with Crippen LogP contribution in [0.25, 0.3) is 0 Å². The van der Waals surface area contributed by atoms with E-state index in [0.29, 0.717) is 6.08 Å². The first-order valence-corrected chi connectivity index (χ1v) is 4.63. The number of hydrogen-bond donors (Lipinski definition) is 0. The van der Waals surface area contributed by atoms with Gasteiger partial charge in [-0.05, 0) is 12.8 Å². The van der Waals surface area contributed by atoms with E-state index in [4.69, 9.17) is 14.4 Å². The Hall–Kier alpha value is -1.31. The van der Waals surface area contributed by atoms with Crippen LogP contribution in [0.1, 0.15) is 12.8 Å². The number of alkyl halides is 6. The minimum atomic E-state index is -4.93. The number of rotatable bonds is 0. The van der Waals surface area contributed by atoms with E-state index in [1.54, 1.807) is 0 Å². The van der Waals surface area contributed by atoms with Crippen molar-refractivity contribution in [3.05, 3.63) is 23.3 Å². The van der Waals surface area contributed by atoms with Gasteiger partial charge in [0.2, 0.25) is 0 Å². The van der Waals surface area contributed by atoms with Crippen LogP contribution < -0.4 is 0 Å². The van der Waals surface area contributed by atoms with E-state index in [1.165, 1.54) is 0 Å². The van der Waals surface area contributed by atoms with Gasteiger partial charge in [0.25, 0.3) is 0 Å². The largest absolute Gasteiger partial charge is 0.416 e. The second kappa shape index (κ2) is 13.7. The SMILES string of the molecule is C=O.C=O.C=O.FC(F)(F)C1=C(C(F)(F)F)CCC=C1.[Ru]. The summed E-state index contributed by atoms with van der Waals surface area (Å²) in [7, 11) is 0. The molecule has 0 atom stereocenters. The third kappa shape index (κ3) is 11.1. The standard InChI is InChI=1S/C8H6F6.3CH2O.Ru/c9-7(10,11)5-3-1-2-4-6(5)8(12,13)14;3*1-2;/h1,3H,2,4H2;3*1H2;. The summed E-state index contributed by atoms with van der Waals surface area (Å²) in [6.07, 6.45) is -8.84. The van der Waals surface area contributed by atoms with Gasteiger partial charge in [-0.25, -0.2) is 0 Å². The summed E-state index contributed by atoms with van der Waals surface area (Å²) in [6, 6.07) is 0. The van der Waals surface area contributed by atoms with Crippen LogP contribution in [0.4, 0.5) is 26.3 Å². The van der Waals surface area contributed by atoms with Gasteiger partial charge >= 0.3 is 12.4 Å². The molecule has 0 radical (unpaired) electrons. The van der Waals surface area contributed by atoms with Crippen LogP contribution in [0.2, 0.25) is 0 Å². The van der Waals surface area contributed by atoms with Crippen molar-refractivity contribution in [3.63, 3.8) is 0 Å². The van der Waals surface area contributed by atoms with Gasteiger partial charge in [0.1, 0.15) is 20.4 Å². The predicted octanol–water partition coefficient (Wildman–Crippen LogP) is 3.20. The van der Waals surface area contributed by atoms with Crippen LogP contribution in [-0.2, 0) is 33.9 Å². The molecule has 0 spiro atoms. The molecule has 0 saturated heterocycles. The zero-order valence-corrected chi connectivity index (χ0v) is 12.3. The van der Waals surface area contributed by atoms with E-state index in [9.17, 15) is 26.3 Å². The van der Waals surface area contributed by atoms with Crippen molar-refractivity contribution in [2.24, 2.45) is 0 Å². The first-order chi connectivity index (χ1) is 9.23. The van der Waals surface area contributed by atoms with Gasteiger partial charge in [0, 0.05) is 25.1 Å². The minimum Gasteiger partial charge on any atom is -0.307 e. The number of carbonyl (C=O) groups is 3. The van der Waals surface area contributed by atoms with Crippen LogP contribution in [0.3, 0.4) is 0 Å². The zero-order valence-electron chi connectivity index (χ0n) is 10.5. The zero-order chi connectivity index (χ0) is 17.0. The number of allylic oxidation sites excluding steroid dienone is 4. The molecule has 21 heavy (non-hydrogen) atoms. The van der Waals surface area contributed by atoms with Gasteiger partial charge in [0.05, 0.1) is 5.57 Å². The van der Waals surface area contributed by atoms with Crippen LogP contribution in [0.5, 0.6) is 0 Å². The Morgan fingerprint density at radius 3 is 1.43 bits per heavy atom. The maximum Gasteiger partial charge on any atom is 0.416 e. The Morgan fingerprint density at radius 1 is 0.810 bits per heavy atom. The first kappa shape index (κ1) is 27.9. The van der Waals surface area contributed by atoms with E-state index in [-0.39, 0.29) is 25.9 Å². The Labute approximate surface area is 129 Å². The maximum atomic E-state index is 12.1. The second-order valence-electron chi connectivity index (χ2n) is 2.83. The fraction of sp³-hybridized carbons (Fsp3) is 0.364. The molecule has 0 aliphatic heterocycles. The third-order valence-electron chi connectivity index (χ3n) is 1.82. The van der Waals surface area contributed by atoms with Crippen molar-refractivity contribution in [2.75, 3.05) is 0 Å². The average molecular weight is 407 g/mol. The second-order valence-corrected chi connectivity index (χ2v) is 2.83. The molecule has 0 amide bonds. The summed E-state index contributed by atoms with van der Waals surface area (Å²) in [4.78, 5) is 24.0. The summed E-state index contributed by atoms with van der Waals surface area (Å²) in [5.74, 6) is 0. The van der Waals surface area contributed by atoms with E-state index in [1.807, 2.05) is 20.4 Å². The van der Waals surface area contributed by atoms with E-state index in [0.717, 1.165) is 6.08 Å². The molecule has 0 N–H and O–H groups in total. The predicted molar refractivity (Wildman–Crippen MR) is 58.9 cm³/mol. The number of halogens is 6. The quantitative estimate of drug-likeness (QED) is 0.458. The van der Waals surface area contributed by atoms with Gasteiger partial charge in [-0.15, -0.1) is 0 Å². The molecule has 3 nitrogen and oxygen atoms in total. The number of hydrogen-bond acceptors (Lipinski definition) is 3. The van der Waals surface area contributed by atoms with Crippen molar-refractivity contribution < 1.29 is 60.2 Å². The van der Waals surface area contributed by atoms with Crippen LogP contribution in [0.15, 0.2) is 23.3 Å². The summed E-state index contributed by atoms with van der Waals surface area (Å²) in [5.41, 5.74) is -3.05.